The van der Waals surface area contributed by atoms with Crippen molar-refractivity contribution in [3.63, 3.8) is 0 Å². The van der Waals surface area contributed by atoms with Crippen LogP contribution in [-0.2, 0) is 10.2 Å². The second-order valence-corrected chi connectivity index (χ2v) is 7.33. The van der Waals surface area contributed by atoms with Crippen LogP contribution in [0.2, 0.25) is 10.0 Å². The summed E-state index contributed by atoms with van der Waals surface area (Å²) in [6, 6.07) is 14.0. The standard InChI is InChI=1S/C17H13Cl2NO2S/c18-12-5-1-10(2-6-12)15-17(16(21)22,9-14(20)23-15)11-3-7-13(19)8-4-11/h1-9,15H,20H2,(H,21,22). The third-order valence-electron chi connectivity index (χ3n) is 3.89. The van der Waals surface area contributed by atoms with E-state index in [1.807, 2.05) is 12.1 Å². The molecule has 6 heteroatoms. The van der Waals surface area contributed by atoms with Crippen LogP contribution in [0.25, 0.3) is 0 Å². The molecule has 2 atom stereocenters. The maximum atomic E-state index is 12.2. The summed E-state index contributed by atoms with van der Waals surface area (Å²) in [6.45, 7) is 0. The largest absolute Gasteiger partial charge is 0.480 e. The van der Waals surface area contributed by atoms with E-state index in [4.69, 9.17) is 28.9 Å². The first-order valence-electron chi connectivity index (χ1n) is 6.83. The number of aliphatic carboxylic acids is 1. The highest BCUT2D eigenvalue weighted by atomic mass is 35.5. The van der Waals surface area contributed by atoms with E-state index in [0.717, 1.165) is 5.56 Å². The minimum Gasteiger partial charge on any atom is -0.480 e. The molecule has 1 aliphatic rings. The lowest BCUT2D eigenvalue weighted by Gasteiger charge is -2.30. The van der Waals surface area contributed by atoms with Gasteiger partial charge in [-0.1, -0.05) is 59.2 Å². The number of hydrogen-bond donors (Lipinski definition) is 2. The van der Waals surface area contributed by atoms with Gasteiger partial charge in [-0.3, -0.25) is 4.79 Å². The highest BCUT2D eigenvalue weighted by molar-refractivity contribution is 8.03. The van der Waals surface area contributed by atoms with Crippen molar-refractivity contribution in [1.29, 1.82) is 0 Å². The fraction of sp³-hybridized carbons (Fsp3) is 0.118. The van der Waals surface area contributed by atoms with Gasteiger partial charge in [0, 0.05) is 10.0 Å². The molecule has 0 saturated carbocycles. The van der Waals surface area contributed by atoms with Crippen LogP contribution in [0, 0.1) is 0 Å². The van der Waals surface area contributed by atoms with Crippen molar-refractivity contribution in [3.05, 3.63) is 80.8 Å². The van der Waals surface area contributed by atoms with Crippen molar-refractivity contribution in [3.8, 4) is 0 Å². The first-order chi connectivity index (χ1) is 10.9. The predicted octanol–water partition coefficient (Wildman–Crippen LogP) is 4.60. The van der Waals surface area contributed by atoms with E-state index < -0.39 is 11.4 Å². The smallest absolute Gasteiger partial charge is 0.319 e. The first-order valence-corrected chi connectivity index (χ1v) is 8.47. The summed E-state index contributed by atoms with van der Waals surface area (Å²) in [4.78, 5) is 12.2. The Kier molecular flexibility index (Phi) is 4.32. The maximum Gasteiger partial charge on any atom is 0.319 e. The Hall–Kier alpha value is -1.62. The minimum atomic E-state index is -1.24. The van der Waals surface area contributed by atoms with Crippen LogP contribution in [0.4, 0.5) is 0 Å². The summed E-state index contributed by atoms with van der Waals surface area (Å²) in [5.74, 6) is -0.951. The molecule has 0 amide bonds. The van der Waals surface area contributed by atoms with Crippen LogP contribution < -0.4 is 5.73 Å². The van der Waals surface area contributed by atoms with Gasteiger partial charge in [0.25, 0.3) is 0 Å². The summed E-state index contributed by atoms with van der Waals surface area (Å²) >= 11 is 13.2. The van der Waals surface area contributed by atoms with Crippen LogP contribution >= 0.6 is 35.0 Å². The molecule has 0 radical (unpaired) electrons. The van der Waals surface area contributed by atoms with Crippen molar-refractivity contribution in [2.24, 2.45) is 5.73 Å². The summed E-state index contributed by atoms with van der Waals surface area (Å²) in [7, 11) is 0. The second-order valence-electron chi connectivity index (χ2n) is 5.28. The third-order valence-corrected chi connectivity index (χ3v) is 5.66. The normalized spacial score (nSPS) is 23.6. The Morgan fingerprint density at radius 2 is 1.57 bits per heavy atom. The molecule has 0 fully saturated rings. The summed E-state index contributed by atoms with van der Waals surface area (Å²) < 4.78 is 0. The number of hydrogen-bond acceptors (Lipinski definition) is 3. The highest BCUT2D eigenvalue weighted by Gasteiger charge is 2.51. The fourth-order valence-corrected chi connectivity index (χ4v) is 4.35. The molecular weight excluding hydrogens is 353 g/mol. The molecule has 0 spiro atoms. The van der Waals surface area contributed by atoms with Gasteiger partial charge < -0.3 is 10.8 Å². The van der Waals surface area contributed by atoms with Gasteiger partial charge >= 0.3 is 5.97 Å². The Labute approximate surface area is 148 Å². The third kappa shape index (κ3) is 2.82. The Balaban J connectivity index is 2.17. The lowest BCUT2D eigenvalue weighted by Crippen LogP contribution is -2.37. The van der Waals surface area contributed by atoms with Gasteiger partial charge in [-0.05, 0) is 41.5 Å². The van der Waals surface area contributed by atoms with E-state index in [1.165, 1.54) is 11.8 Å². The van der Waals surface area contributed by atoms with Gasteiger partial charge in [0.15, 0.2) is 0 Å². The van der Waals surface area contributed by atoms with Gasteiger partial charge in [0.05, 0.1) is 10.3 Å². The zero-order valence-electron chi connectivity index (χ0n) is 11.9. The van der Waals surface area contributed by atoms with E-state index >= 15 is 0 Å². The molecule has 1 aliphatic heterocycles. The van der Waals surface area contributed by atoms with Crippen LogP contribution in [0.15, 0.2) is 59.6 Å². The SMILES string of the molecule is NC1=CC(C(=O)O)(c2ccc(Cl)cc2)C(c2ccc(Cl)cc2)S1. The van der Waals surface area contributed by atoms with Crippen LogP contribution in [0.3, 0.4) is 0 Å². The first kappa shape index (κ1) is 16.2. The van der Waals surface area contributed by atoms with Gasteiger partial charge in [0.2, 0.25) is 0 Å². The minimum absolute atomic E-state index is 0.376. The van der Waals surface area contributed by atoms with Gasteiger partial charge in [0.1, 0.15) is 5.41 Å². The zero-order chi connectivity index (χ0) is 16.6. The Bertz CT molecular complexity index is 774. The second kappa shape index (κ2) is 6.11. The van der Waals surface area contributed by atoms with E-state index in [9.17, 15) is 9.90 Å². The quantitative estimate of drug-likeness (QED) is 0.833. The Morgan fingerprint density at radius 3 is 2.09 bits per heavy atom. The molecule has 0 aliphatic carbocycles. The zero-order valence-corrected chi connectivity index (χ0v) is 14.2. The highest BCUT2D eigenvalue weighted by Crippen LogP contribution is 2.55. The van der Waals surface area contributed by atoms with E-state index in [2.05, 4.69) is 0 Å². The summed E-state index contributed by atoms with van der Waals surface area (Å²) in [6.07, 6.45) is 1.61. The van der Waals surface area contributed by atoms with Crippen molar-refractivity contribution in [2.75, 3.05) is 0 Å². The van der Waals surface area contributed by atoms with E-state index in [0.29, 0.717) is 20.6 Å². The summed E-state index contributed by atoms with van der Waals surface area (Å²) in [5.41, 5.74) is 6.23. The van der Waals surface area contributed by atoms with Crippen molar-refractivity contribution in [1.82, 2.24) is 0 Å². The average molecular weight is 366 g/mol. The number of nitrogens with two attached hydrogens (primary N) is 1. The molecule has 1 heterocycles. The monoisotopic (exact) mass is 365 g/mol. The predicted molar refractivity (Wildman–Crippen MR) is 94.8 cm³/mol. The number of carboxylic acids is 1. The molecule has 3 nitrogen and oxygen atoms in total. The maximum absolute atomic E-state index is 12.2. The van der Waals surface area contributed by atoms with Gasteiger partial charge in [-0.2, -0.15) is 0 Å². The number of halogens is 2. The fourth-order valence-electron chi connectivity index (χ4n) is 2.79. The van der Waals surface area contributed by atoms with Crippen molar-refractivity contribution in [2.45, 2.75) is 10.7 Å². The number of thioether (sulfide) groups is 1. The molecule has 2 aromatic rings. The lowest BCUT2D eigenvalue weighted by molar-refractivity contribution is -0.141. The number of carbonyl (C=O) groups is 1. The number of benzene rings is 2. The molecule has 118 valence electrons. The van der Waals surface area contributed by atoms with Crippen molar-refractivity contribution < 1.29 is 9.90 Å². The molecule has 0 bridgehead atoms. The molecule has 2 aromatic carbocycles. The number of rotatable bonds is 3. The molecular formula is C17H13Cl2NO2S. The molecule has 0 aromatic heterocycles. The van der Waals surface area contributed by atoms with Crippen LogP contribution in [0.1, 0.15) is 16.4 Å². The molecule has 3 N–H and O–H groups in total. The summed E-state index contributed by atoms with van der Waals surface area (Å²) in [5, 5.41) is 11.3. The van der Waals surface area contributed by atoms with Crippen LogP contribution in [0.5, 0.6) is 0 Å². The number of carboxylic acid groups (broad SMARTS) is 1. The molecule has 23 heavy (non-hydrogen) atoms. The van der Waals surface area contributed by atoms with Gasteiger partial charge in [-0.25, -0.2) is 0 Å². The topological polar surface area (TPSA) is 63.3 Å². The van der Waals surface area contributed by atoms with E-state index in [1.54, 1.807) is 42.5 Å². The molecule has 3 rings (SSSR count). The van der Waals surface area contributed by atoms with E-state index in [-0.39, 0.29) is 5.25 Å². The molecule has 2 unspecified atom stereocenters. The average Bonchev–Trinajstić information content (AvgIpc) is 2.87. The lowest BCUT2D eigenvalue weighted by atomic mass is 9.75. The van der Waals surface area contributed by atoms with Crippen molar-refractivity contribution >= 4 is 40.9 Å². The Morgan fingerprint density at radius 1 is 1.04 bits per heavy atom. The molecule has 0 saturated heterocycles. The van der Waals surface area contributed by atoms with Gasteiger partial charge in [-0.15, -0.1) is 0 Å². The van der Waals surface area contributed by atoms with Crippen LogP contribution in [-0.4, -0.2) is 11.1 Å².